The van der Waals surface area contributed by atoms with E-state index in [0.29, 0.717) is 30.3 Å². The lowest BCUT2D eigenvalue weighted by atomic mass is 10.1. The van der Waals surface area contributed by atoms with Gasteiger partial charge in [-0.3, -0.25) is 9.59 Å². The molecule has 0 saturated heterocycles. The number of fused-ring (bicyclic) bond motifs is 3. The van der Waals surface area contributed by atoms with E-state index in [2.05, 4.69) is 15.3 Å². The zero-order valence-corrected chi connectivity index (χ0v) is 16.2. The minimum atomic E-state index is -0.376. The third-order valence-corrected chi connectivity index (χ3v) is 6.48. The number of nitrogens with zero attached hydrogens (tertiary/aromatic N) is 1. The van der Waals surface area contributed by atoms with Gasteiger partial charge in [0.15, 0.2) is 0 Å². The molecule has 2 aromatic heterocycles. The highest BCUT2D eigenvalue weighted by Crippen LogP contribution is 2.34. The van der Waals surface area contributed by atoms with E-state index in [0.717, 1.165) is 29.5 Å². The Bertz CT molecular complexity index is 841. The van der Waals surface area contributed by atoms with Crippen molar-refractivity contribution in [2.45, 2.75) is 50.8 Å². The summed E-state index contributed by atoms with van der Waals surface area (Å²) in [5.74, 6) is 1.95. The summed E-state index contributed by atoms with van der Waals surface area (Å²) >= 11 is 3.25. The molecule has 1 aliphatic rings. The Balaban J connectivity index is 1.56. The number of aromatic amines is 1. The Labute approximate surface area is 155 Å². The van der Waals surface area contributed by atoms with E-state index in [4.69, 9.17) is 5.73 Å². The second-order valence-corrected chi connectivity index (χ2v) is 9.18. The highest BCUT2D eigenvalue weighted by molar-refractivity contribution is 7.98. The number of hydrogen-bond acceptors (Lipinski definition) is 6. The number of nitrogens with one attached hydrogen (secondary N) is 2. The molecule has 0 aliphatic heterocycles. The number of nitrogens with two attached hydrogens (primary N) is 1. The molecule has 1 amide bonds. The molecule has 3 rings (SSSR count). The number of aromatic nitrogens is 2. The van der Waals surface area contributed by atoms with Crippen molar-refractivity contribution in [3.63, 3.8) is 0 Å². The summed E-state index contributed by atoms with van der Waals surface area (Å²) in [7, 11) is 0. The first-order valence-electron chi connectivity index (χ1n) is 8.52. The summed E-state index contributed by atoms with van der Waals surface area (Å²) in [6.45, 7) is 4.21. The summed E-state index contributed by atoms with van der Waals surface area (Å²) in [6, 6.07) is 0. The molecule has 2 aromatic rings. The number of amides is 1. The molecule has 8 heteroatoms. The largest absolute Gasteiger partial charge is 0.350 e. The fraction of sp³-hybridized carbons (Fsp3) is 0.588. The Hall–Kier alpha value is -1.38. The number of carbonyl (C=O) groups excluding carboxylic acids is 1. The molecule has 2 heterocycles. The van der Waals surface area contributed by atoms with E-state index in [1.165, 1.54) is 10.4 Å². The average Bonchev–Trinajstić information content (AvgIpc) is 3.11. The van der Waals surface area contributed by atoms with Gasteiger partial charge < -0.3 is 16.0 Å². The summed E-state index contributed by atoms with van der Waals surface area (Å²) in [5, 5.41) is 3.70. The molecule has 4 N–H and O–H groups in total. The molecule has 0 aromatic carbocycles. The molecule has 0 fully saturated rings. The Kier molecular flexibility index (Phi) is 5.50. The lowest BCUT2D eigenvalue weighted by Crippen LogP contribution is -2.48. The van der Waals surface area contributed by atoms with Crippen molar-refractivity contribution in [3.8, 4) is 0 Å². The van der Waals surface area contributed by atoms with E-state index in [9.17, 15) is 9.59 Å². The molecule has 0 unspecified atom stereocenters. The first-order valence-corrected chi connectivity index (χ1v) is 10.5. The van der Waals surface area contributed by atoms with Gasteiger partial charge in [-0.05, 0) is 38.7 Å². The van der Waals surface area contributed by atoms with E-state index >= 15 is 0 Å². The van der Waals surface area contributed by atoms with Crippen molar-refractivity contribution < 1.29 is 4.79 Å². The van der Waals surface area contributed by atoms with Crippen molar-refractivity contribution in [1.82, 2.24) is 15.3 Å². The average molecular weight is 381 g/mol. The van der Waals surface area contributed by atoms with Gasteiger partial charge in [-0.15, -0.1) is 11.3 Å². The third kappa shape index (κ3) is 4.24. The fourth-order valence-electron chi connectivity index (χ4n) is 2.94. The van der Waals surface area contributed by atoms with E-state index in [1.54, 1.807) is 23.1 Å². The van der Waals surface area contributed by atoms with Gasteiger partial charge >= 0.3 is 0 Å². The van der Waals surface area contributed by atoms with Crippen LogP contribution in [0.1, 0.15) is 43.0 Å². The lowest BCUT2D eigenvalue weighted by molar-refractivity contribution is -0.122. The molecule has 0 saturated carbocycles. The number of aryl methyl sites for hydroxylation is 2. The highest BCUT2D eigenvalue weighted by atomic mass is 32.2. The monoisotopic (exact) mass is 380 g/mol. The lowest BCUT2D eigenvalue weighted by Gasteiger charge is -2.24. The van der Waals surface area contributed by atoms with Crippen molar-refractivity contribution >= 4 is 39.2 Å². The van der Waals surface area contributed by atoms with Crippen LogP contribution in [0, 0.1) is 0 Å². The van der Waals surface area contributed by atoms with Crippen molar-refractivity contribution in [2.24, 2.45) is 5.73 Å². The number of carbonyl (C=O) groups is 1. The first kappa shape index (κ1) is 18.4. The third-order valence-electron chi connectivity index (χ3n) is 4.32. The highest BCUT2D eigenvalue weighted by Gasteiger charge is 2.21. The number of H-pyrrole nitrogens is 1. The second-order valence-electron chi connectivity index (χ2n) is 6.99. The van der Waals surface area contributed by atoms with Gasteiger partial charge in [-0.25, -0.2) is 4.98 Å². The van der Waals surface area contributed by atoms with Gasteiger partial charge in [0.1, 0.15) is 10.7 Å². The van der Waals surface area contributed by atoms with Crippen molar-refractivity contribution in [3.05, 3.63) is 26.6 Å². The quantitative estimate of drug-likeness (QED) is 0.638. The van der Waals surface area contributed by atoms with Crippen LogP contribution >= 0.6 is 23.1 Å². The number of thioether (sulfide) groups is 1. The van der Waals surface area contributed by atoms with Crippen LogP contribution in [-0.2, 0) is 23.4 Å². The SMILES string of the molecule is CC(C)(CN)NC(=O)CCSCc1nc2sc3c(c2c(=O)[nH]1)CCC3. The van der Waals surface area contributed by atoms with Crippen molar-refractivity contribution in [2.75, 3.05) is 12.3 Å². The molecule has 0 spiro atoms. The molecule has 25 heavy (non-hydrogen) atoms. The Morgan fingerprint density at radius 3 is 3.00 bits per heavy atom. The van der Waals surface area contributed by atoms with Gasteiger partial charge in [0.2, 0.25) is 5.91 Å². The zero-order valence-electron chi connectivity index (χ0n) is 14.6. The van der Waals surface area contributed by atoms with Crippen LogP contribution < -0.4 is 16.6 Å². The van der Waals surface area contributed by atoms with Crippen LogP contribution in [0.3, 0.4) is 0 Å². The van der Waals surface area contributed by atoms with Gasteiger partial charge in [0.05, 0.1) is 11.1 Å². The predicted octanol–water partition coefficient (Wildman–Crippen LogP) is 1.95. The molecule has 0 bridgehead atoms. The molecule has 0 atom stereocenters. The Morgan fingerprint density at radius 1 is 1.44 bits per heavy atom. The second kappa shape index (κ2) is 7.47. The smallest absolute Gasteiger partial charge is 0.259 e. The first-order chi connectivity index (χ1) is 11.9. The summed E-state index contributed by atoms with van der Waals surface area (Å²) in [4.78, 5) is 34.0. The van der Waals surface area contributed by atoms with Crippen molar-refractivity contribution in [1.29, 1.82) is 0 Å². The maximum Gasteiger partial charge on any atom is 0.259 e. The maximum absolute atomic E-state index is 12.4. The molecular formula is C17H24N4O2S2. The van der Waals surface area contributed by atoms with Crippen LogP contribution in [0.5, 0.6) is 0 Å². The maximum atomic E-state index is 12.4. The van der Waals surface area contributed by atoms with Gasteiger partial charge in [0, 0.05) is 29.1 Å². The topological polar surface area (TPSA) is 101 Å². The zero-order chi connectivity index (χ0) is 18.0. The van der Waals surface area contributed by atoms with Crippen LogP contribution in [-0.4, -0.2) is 33.7 Å². The van der Waals surface area contributed by atoms with Crippen LogP contribution in [0.2, 0.25) is 0 Å². The molecule has 136 valence electrons. The standard InChI is InChI=1S/C17H24N4O2S2/c1-17(2,9-18)21-13(22)6-7-24-8-12-19-15(23)14-10-4-3-5-11(10)25-16(14)20-12/h3-9,18H2,1-2H3,(H,21,22)(H,19,20,23). The fourth-order valence-corrected chi connectivity index (χ4v) is 5.02. The minimum absolute atomic E-state index is 0.00506. The molecule has 0 radical (unpaired) electrons. The van der Waals surface area contributed by atoms with Crippen LogP contribution in [0.25, 0.3) is 10.2 Å². The minimum Gasteiger partial charge on any atom is -0.350 e. The van der Waals surface area contributed by atoms with Gasteiger partial charge in [-0.1, -0.05) is 0 Å². The molecule has 6 nitrogen and oxygen atoms in total. The van der Waals surface area contributed by atoms with Crippen LogP contribution in [0.4, 0.5) is 0 Å². The van der Waals surface area contributed by atoms with Gasteiger partial charge in [-0.2, -0.15) is 11.8 Å². The van der Waals surface area contributed by atoms with Gasteiger partial charge in [0.25, 0.3) is 5.56 Å². The molecular weight excluding hydrogens is 356 g/mol. The summed E-state index contributed by atoms with van der Waals surface area (Å²) in [6.07, 6.45) is 3.61. The number of thiophene rings is 1. The molecule has 1 aliphatic carbocycles. The van der Waals surface area contributed by atoms with Crippen LogP contribution in [0.15, 0.2) is 4.79 Å². The normalized spacial score (nSPS) is 14.0. The van der Waals surface area contributed by atoms with E-state index in [-0.39, 0.29) is 17.0 Å². The summed E-state index contributed by atoms with van der Waals surface area (Å²) < 4.78 is 0. The predicted molar refractivity (Wildman–Crippen MR) is 104 cm³/mol. The van der Waals surface area contributed by atoms with E-state index in [1.807, 2.05) is 13.8 Å². The Morgan fingerprint density at radius 2 is 2.24 bits per heavy atom. The summed E-state index contributed by atoms with van der Waals surface area (Å²) in [5.41, 5.74) is 6.41. The number of hydrogen-bond donors (Lipinski definition) is 3. The number of rotatable bonds is 7. The van der Waals surface area contributed by atoms with E-state index < -0.39 is 0 Å².